The highest BCUT2D eigenvalue weighted by molar-refractivity contribution is 7.80. The van der Waals surface area contributed by atoms with Gasteiger partial charge in [0, 0.05) is 11.3 Å². The lowest BCUT2D eigenvalue weighted by molar-refractivity contribution is 0.417. The van der Waals surface area contributed by atoms with Gasteiger partial charge in [-0.15, -0.1) is 0 Å². The third-order valence-electron chi connectivity index (χ3n) is 4.27. The molecule has 0 unspecified atom stereocenters. The lowest BCUT2D eigenvalue weighted by Gasteiger charge is -2.14. The van der Waals surface area contributed by atoms with Crippen LogP contribution in [-0.2, 0) is 0 Å². The van der Waals surface area contributed by atoms with Gasteiger partial charge in [-0.3, -0.25) is 0 Å². The number of para-hydroxylation sites is 2. The van der Waals surface area contributed by atoms with Crippen LogP contribution in [0, 0.1) is 6.92 Å². The molecule has 1 aromatic heterocycles. The van der Waals surface area contributed by atoms with Gasteiger partial charge in [0.15, 0.2) is 10.7 Å². The zero-order valence-corrected chi connectivity index (χ0v) is 16.3. The summed E-state index contributed by atoms with van der Waals surface area (Å²) in [5.41, 5.74) is 5.25. The Hall–Kier alpha value is -3.38. The van der Waals surface area contributed by atoms with Crippen LogP contribution in [0.5, 0.6) is 5.75 Å². The third kappa shape index (κ3) is 3.82. The first kappa shape index (κ1) is 18.0. The first-order valence-electron chi connectivity index (χ1n) is 8.81. The minimum absolute atomic E-state index is 0.485. The standard InChI is InChI=1S/C22H19N3O2S/c1-14-6-5-7-16(12-14)23-22(28)25-18-11-10-15(13-20(18)26-2)21-24-17-8-3-4-9-19(17)27-21/h3-13H,1-2H3,(H2,23,25,28). The van der Waals surface area contributed by atoms with Gasteiger partial charge in [-0.25, -0.2) is 4.98 Å². The molecule has 0 aliphatic heterocycles. The Bertz CT molecular complexity index is 1120. The van der Waals surface area contributed by atoms with E-state index in [1.165, 1.54) is 0 Å². The summed E-state index contributed by atoms with van der Waals surface area (Å²) in [6, 6.07) is 21.4. The smallest absolute Gasteiger partial charge is 0.227 e. The average Bonchev–Trinajstić information content (AvgIpc) is 3.12. The molecule has 2 N–H and O–H groups in total. The van der Waals surface area contributed by atoms with Crippen molar-refractivity contribution in [2.75, 3.05) is 17.7 Å². The third-order valence-corrected chi connectivity index (χ3v) is 4.47. The zero-order valence-electron chi connectivity index (χ0n) is 15.5. The van der Waals surface area contributed by atoms with Crippen molar-refractivity contribution in [1.29, 1.82) is 0 Å². The van der Waals surface area contributed by atoms with E-state index in [9.17, 15) is 0 Å². The van der Waals surface area contributed by atoms with Crippen LogP contribution in [0.3, 0.4) is 0 Å². The Morgan fingerprint density at radius 1 is 1.00 bits per heavy atom. The quantitative estimate of drug-likeness (QED) is 0.442. The van der Waals surface area contributed by atoms with Gasteiger partial charge in [0.05, 0.1) is 12.8 Å². The first-order chi connectivity index (χ1) is 13.6. The van der Waals surface area contributed by atoms with E-state index in [0.29, 0.717) is 16.8 Å². The Morgan fingerprint density at radius 2 is 1.86 bits per heavy atom. The highest BCUT2D eigenvalue weighted by Crippen LogP contribution is 2.32. The molecule has 5 nitrogen and oxygen atoms in total. The SMILES string of the molecule is COc1cc(-c2nc3ccccc3o2)ccc1NC(=S)Nc1cccc(C)c1. The number of oxazole rings is 1. The number of nitrogens with zero attached hydrogens (tertiary/aromatic N) is 1. The Morgan fingerprint density at radius 3 is 2.64 bits per heavy atom. The molecule has 0 aliphatic rings. The van der Waals surface area contributed by atoms with E-state index in [2.05, 4.69) is 15.6 Å². The van der Waals surface area contributed by atoms with Crippen molar-refractivity contribution in [3.63, 3.8) is 0 Å². The predicted molar refractivity (Wildman–Crippen MR) is 117 cm³/mol. The van der Waals surface area contributed by atoms with E-state index < -0.39 is 0 Å². The largest absolute Gasteiger partial charge is 0.495 e. The van der Waals surface area contributed by atoms with Gasteiger partial charge >= 0.3 is 0 Å². The number of fused-ring (bicyclic) bond motifs is 1. The molecule has 4 rings (SSSR count). The van der Waals surface area contributed by atoms with Crippen molar-refractivity contribution < 1.29 is 9.15 Å². The highest BCUT2D eigenvalue weighted by Gasteiger charge is 2.12. The lowest BCUT2D eigenvalue weighted by atomic mass is 10.2. The molecule has 0 amide bonds. The molecule has 0 spiro atoms. The molecule has 3 aromatic carbocycles. The topological polar surface area (TPSA) is 59.3 Å². The van der Waals surface area contributed by atoms with Gasteiger partial charge in [0.1, 0.15) is 11.3 Å². The molecular weight excluding hydrogens is 370 g/mol. The molecule has 0 saturated heterocycles. The fraction of sp³-hybridized carbons (Fsp3) is 0.0909. The Balaban J connectivity index is 1.55. The average molecular weight is 389 g/mol. The molecule has 140 valence electrons. The number of methoxy groups -OCH3 is 1. The molecule has 4 aromatic rings. The molecule has 0 saturated carbocycles. The summed E-state index contributed by atoms with van der Waals surface area (Å²) in [5, 5.41) is 6.84. The number of benzene rings is 3. The number of anilines is 2. The second kappa shape index (κ2) is 7.70. The fourth-order valence-electron chi connectivity index (χ4n) is 2.93. The molecule has 0 aliphatic carbocycles. The molecular formula is C22H19N3O2S. The number of rotatable bonds is 4. The van der Waals surface area contributed by atoms with Gasteiger partial charge in [-0.2, -0.15) is 0 Å². The van der Waals surface area contributed by atoms with Gasteiger partial charge in [-0.05, 0) is 67.2 Å². The number of hydrogen-bond acceptors (Lipinski definition) is 4. The van der Waals surface area contributed by atoms with E-state index in [4.69, 9.17) is 21.4 Å². The van der Waals surface area contributed by atoms with Crippen molar-refractivity contribution in [1.82, 2.24) is 4.98 Å². The van der Waals surface area contributed by atoms with Gasteiger partial charge in [0.25, 0.3) is 0 Å². The summed E-state index contributed by atoms with van der Waals surface area (Å²) >= 11 is 5.43. The summed E-state index contributed by atoms with van der Waals surface area (Å²) in [5.74, 6) is 1.19. The maximum Gasteiger partial charge on any atom is 0.227 e. The number of aryl methyl sites for hydroxylation is 1. The van der Waals surface area contributed by atoms with Crippen LogP contribution < -0.4 is 15.4 Å². The fourth-order valence-corrected chi connectivity index (χ4v) is 3.16. The summed E-state index contributed by atoms with van der Waals surface area (Å²) in [6.45, 7) is 2.04. The zero-order chi connectivity index (χ0) is 19.5. The van der Waals surface area contributed by atoms with Crippen molar-refractivity contribution in [3.05, 3.63) is 72.3 Å². The van der Waals surface area contributed by atoms with Crippen LogP contribution in [0.15, 0.2) is 71.1 Å². The first-order valence-corrected chi connectivity index (χ1v) is 9.22. The van der Waals surface area contributed by atoms with Crippen LogP contribution in [0.1, 0.15) is 5.56 Å². The van der Waals surface area contributed by atoms with Crippen LogP contribution >= 0.6 is 12.2 Å². The van der Waals surface area contributed by atoms with E-state index in [1.54, 1.807) is 7.11 Å². The van der Waals surface area contributed by atoms with E-state index in [0.717, 1.165) is 33.6 Å². The summed E-state index contributed by atoms with van der Waals surface area (Å²) in [4.78, 5) is 4.53. The second-order valence-electron chi connectivity index (χ2n) is 6.35. The number of nitrogens with one attached hydrogen (secondary N) is 2. The maximum absolute atomic E-state index is 5.84. The molecule has 6 heteroatoms. The van der Waals surface area contributed by atoms with Crippen molar-refractivity contribution >= 4 is 39.8 Å². The van der Waals surface area contributed by atoms with Gasteiger partial charge in [0.2, 0.25) is 5.89 Å². The molecule has 28 heavy (non-hydrogen) atoms. The lowest BCUT2D eigenvalue weighted by Crippen LogP contribution is -2.19. The van der Waals surface area contributed by atoms with E-state index in [-0.39, 0.29) is 0 Å². The number of ether oxygens (including phenoxy) is 1. The summed E-state index contributed by atoms with van der Waals surface area (Å²) < 4.78 is 11.4. The van der Waals surface area contributed by atoms with E-state index in [1.807, 2.05) is 73.7 Å². The van der Waals surface area contributed by atoms with Crippen LogP contribution in [0.2, 0.25) is 0 Å². The van der Waals surface area contributed by atoms with Crippen molar-refractivity contribution in [2.24, 2.45) is 0 Å². The number of thiocarbonyl (C=S) groups is 1. The van der Waals surface area contributed by atoms with Crippen LogP contribution in [0.4, 0.5) is 11.4 Å². The Labute approximate surface area is 168 Å². The number of hydrogen-bond donors (Lipinski definition) is 2. The van der Waals surface area contributed by atoms with E-state index >= 15 is 0 Å². The summed E-state index contributed by atoms with van der Waals surface area (Å²) in [7, 11) is 1.62. The van der Waals surface area contributed by atoms with Crippen molar-refractivity contribution in [2.45, 2.75) is 6.92 Å². The monoisotopic (exact) mass is 389 g/mol. The van der Waals surface area contributed by atoms with Gasteiger partial charge < -0.3 is 19.8 Å². The molecule has 0 fully saturated rings. The Kier molecular flexibility index (Phi) is 4.95. The molecule has 0 bridgehead atoms. The van der Waals surface area contributed by atoms with Gasteiger partial charge in [-0.1, -0.05) is 24.3 Å². The molecule has 1 heterocycles. The minimum atomic E-state index is 0.485. The number of aromatic nitrogens is 1. The van der Waals surface area contributed by atoms with Crippen LogP contribution in [-0.4, -0.2) is 17.2 Å². The highest BCUT2D eigenvalue weighted by atomic mass is 32.1. The molecule has 0 radical (unpaired) electrons. The van der Waals surface area contributed by atoms with Crippen molar-refractivity contribution in [3.8, 4) is 17.2 Å². The minimum Gasteiger partial charge on any atom is -0.495 e. The van der Waals surface area contributed by atoms with Crippen LogP contribution in [0.25, 0.3) is 22.6 Å². The maximum atomic E-state index is 5.84. The normalized spacial score (nSPS) is 10.6. The summed E-state index contributed by atoms with van der Waals surface area (Å²) in [6.07, 6.45) is 0. The predicted octanol–water partition coefficient (Wildman–Crippen LogP) is 5.62. The second-order valence-corrected chi connectivity index (χ2v) is 6.76. The molecule has 0 atom stereocenters.